The highest BCUT2D eigenvalue weighted by molar-refractivity contribution is 6.31. The van der Waals surface area contributed by atoms with Gasteiger partial charge in [-0.05, 0) is 52.4 Å². The first-order valence-electron chi connectivity index (χ1n) is 13.0. The van der Waals surface area contributed by atoms with E-state index in [2.05, 4.69) is 25.9 Å². The first-order valence-corrected chi connectivity index (χ1v) is 13.4. The number of hydrogen-bond acceptors (Lipinski definition) is 7. The van der Waals surface area contributed by atoms with Crippen LogP contribution >= 0.6 is 11.6 Å². The number of anilines is 2. The van der Waals surface area contributed by atoms with E-state index in [0.717, 1.165) is 5.56 Å². The number of nitrogens with one attached hydrogen (secondary N) is 1. The van der Waals surface area contributed by atoms with E-state index in [9.17, 15) is 23.2 Å². The number of nitrogens with zero attached hydrogens (tertiary/aromatic N) is 8. The smallest absolute Gasteiger partial charge is 0.324 e. The van der Waals surface area contributed by atoms with Crippen LogP contribution in [0.25, 0.3) is 16.6 Å². The molecule has 0 spiro atoms. The zero-order chi connectivity index (χ0) is 30.1. The number of benzene rings is 3. The molecule has 1 aliphatic heterocycles. The largest absolute Gasteiger partial charge is 0.333 e. The predicted octanol–water partition coefficient (Wildman–Crippen LogP) is 3.49. The fourth-order valence-corrected chi connectivity index (χ4v) is 5.11. The molecule has 15 heteroatoms. The third kappa shape index (κ3) is 5.77. The molecule has 218 valence electrons. The summed E-state index contributed by atoms with van der Waals surface area (Å²) < 4.78 is 28.1. The Labute approximate surface area is 247 Å². The number of fused-ring (bicyclic) bond motifs is 1. The molecule has 3 amide bonds. The average molecular weight is 606 g/mol. The van der Waals surface area contributed by atoms with Crippen molar-refractivity contribution in [2.45, 2.75) is 19.0 Å². The van der Waals surface area contributed by atoms with Gasteiger partial charge in [-0.25, -0.2) is 4.68 Å². The summed E-state index contributed by atoms with van der Waals surface area (Å²) in [6.45, 7) is -3.55. The van der Waals surface area contributed by atoms with Gasteiger partial charge < -0.3 is 10.2 Å². The van der Waals surface area contributed by atoms with Crippen molar-refractivity contribution in [3.8, 4) is 5.69 Å². The summed E-state index contributed by atoms with van der Waals surface area (Å²) in [6, 6.07) is 17.4. The van der Waals surface area contributed by atoms with E-state index in [1.54, 1.807) is 18.2 Å². The molecule has 5 aromatic rings. The monoisotopic (exact) mass is 605 g/mol. The van der Waals surface area contributed by atoms with Gasteiger partial charge in [0.25, 0.3) is 0 Å². The molecule has 0 aliphatic carbocycles. The van der Waals surface area contributed by atoms with Gasteiger partial charge in [0, 0.05) is 28.7 Å². The number of rotatable bonds is 8. The lowest BCUT2D eigenvalue weighted by Crippen LogP contribution is -2.60. The van der Waals surface area contributed by atoms with Crippen LogP contribution < -0.4 is 10.2 Å². The fraction of sp³-hybridized carbons (Fsp3) is 0.179. The van der Waals surface area contributed by atoms with Crippen LogP contribution in [0.1, 0.15) is 12.1 Å². The quantitative estimate of drug-likeness (QED) is 0.286. The minimum absolute atomic E-state index is 0.129. The second-order valence-corrected chi connectivity index (χ2v) is 10.2. The summed E-state index contributed by atoms with van der Waals surface area (Å²) in [7, 11) is 0. The van der Waals surface area contributed by atoms with E-state index in [4.69, 9.17) is 11.6 Å². The number of amides is 3. The first kappa shape index (κ1) is 27.9. The van der Waals surface area contributed by atoms with Crippen LogP contribution in [0.5, 0.6) is 0 Å². The maximum Gasteiger partial charge on any atom is 0.333 e. The van der Waals surface area contributed by atoms with Crippen molar-refractivity contribution in [1.82, 2.24) is 34.9 Å². The Bertz CT molecular complexity index is 1820. The van der Waals surface area contributed by atoms with E-state index in [0.29, 0.717) is 37.7 Å². The van der Waals surface area contributed by atoms with Crippen LogP contribution in [0.3, 0.4) is 0 Å². The van der Waals surface area contributed by atoms with Crippen LogP contribution in [0.4, 0.5) is 20.2 Å². The van der Waals surface area contributed by atoms with Gasteiger partial charge in [-0.2, -0.15) is 18.6 Å². The number of carbonyl (C=O) groups excluding carboxylic acids is 3. The maximum absolute atomic E-state index is 13.7. The Morgan fingerprint density at radius 2 is 1.79 bits per heavy atom. The normalized spacial score (nSPS) is 14.5. The Balaban J connectivity index is 1.28. The summed E-state index contributed by atoms with van der Waals surface area (Å²) in [6.07, 6.45) is 2.66. The van der Waals surface area contributed by atoms with E-state index in [1.165, 1.54) is 45.2 Å². The molecule has 12 nitrogen and oxygen atoms in total. The Morgan fingerprint density at radius 3 is 2.53 bits per heavy atom. The van der Waals surface area contributed by atoms with Crippen molar-refractivity contribution >= 4 is 51.6 Å². The lowest BCUT2D eigenvalue weighted by Gasteiger charge is -2.38. The third-order valence-corrected chi connectivity index (χ3v) is 7.22. The number of tetrazole rings is 1. The minimum Gasteiger partial charge on any atom is -0.324 e. The number of piperazine rings is 1. The molecular formula is C28H22ClF2N9O3. The molecule has 1 unspecified atom stereocenters. The molecular weight excluding hydrogens is 584 g/mol. The van der Waals surface area contributed by atoms with Crippen LogP contribution in [-0.2, 0) is 20.8 Å². The molecule has 0 bridgehead atoms. The number of carbonyl (C=O) groups is 3. The highest BCUT2D eigenvalue weighted by Gasteiger charge is 2.39. The SMILES string of the molecule is O=C(Nc1ccc2nn(C(F)F)cc2c1)C(Cc1ccccc1)N1CC(=O)N(c2cc(Cl)ccc2-n2cnnn2)CC1=O. The van der Waals surface area contributed by atoms with Crippen LogP contribution in [-0.4, -0.2) is 71.7 Å². The van der Waals surface area contributed by atoms with Gasteiger partial charge >= 0.3 is 6.55 Å². The molecule has 43 heavy (non-hydrogen) atoms. The van der Waals surface area contributed by atoms with Crippen LogP contribution in [0.15, 0.2) is 79.3 Å². The second kappa shape index (κ2) is 11.6. The Hall–Kier alpha value is -5.24. The highest BCUT2D eigenvalue weighted by Crippen LogP contribution is 2.30. The van der Waals surface area contributed by atoms with Gasteiger partial charge in [-0.15, -0.1) is 5.10 Å². The Morgan fingerprint density at radius 1 is 0.977 bits per heavy atom. The van der Waals surface area contributed by atoms with Crippen LogP contribution in [0, 0.1) is 0 Å². The Kier molecular flexibility index (Phi) is 7.50. The molecule has 1 fully saturated rings. The summed E-state index contributed by atoms with van der Waals surface area (Å²) in [4.78, 5) is 43.4. The maximum atomic E-state index is 13.7. The molecule has 3 heterocycles. The van der Waals surface area contributed by atoms with Crippen molar-refractivity contribution in [3.05, 3.63) is 89.8 Å². The first-order chi connectivity index (χ1) is 20.8. The zero-order valence-electron chi connectivity index (χ0n) is 22.2. The van der Waals surface area contributed by atoms with Gasteiger partial charge in [-0.3, -0.25) is 19.3 Å². The van der Waals surface area contributed by atoms with E-state index < -0.39 is 30.3 Å². The van der Waals surface area contributed by atoms with Crippen molar-refractivity contribution in [2.24, 2.45) is 0 Å². The second-order valence-electron chi connectivity index (χ2n) is 9.74. The van der Waals surface area contributed by atoms with Gasteiger partial charge in [-0.1, -0.05) is 41.9 Å². The molecule has 0 radical (unpaired) electrons. The number of halogens is 3. The van der Waals surface area contributed by atoms with E-state index in [-0.39, 0.29) is 19.5 Å². The topological polar surface area (TPSA) is 131 Å². The lowest BCUT2D eigenvalue weighted by molar-refractivity contribution is -0.143. The van der Waals surface area contributed by atoms with Crippen LogP contribution in [0.2, 0.25) is 5.02 Å². The molecule has 1 atom stereocenters. The molecule has 1 aliphatic rings. The summed E-state index contributed by atoms with van der Waals surface area (Å²) in [5.74, 6) is -1.45. The zero-order valence-corrected chi connectivity index (χ0v) is 23.0. The lowest BCUT2D eigenvalue weighted by atomic mass is 10.0. The molecule has 3 aromatic carbocycles. The number of hydrogen-bond donors (Lipinski definition) is 1. The standard InChI is InChI=1S/C28H22ClF2N9O3/c29-19-6-9-22(40-16-32-35-36-40)23(12-19)37-14-26(42)38(15-25(37)41)24(10-17-4-2-1-3-5-17)27(43)33-20-7-8-21-18(11-20)13-39(34-21)28(30)31/h1-9,11-13,16,24,28H,10,14-15H2,(H,33,43). The predicted molar refractivity (Wildman–Crippen MR) is 152 cm³/mol. The number of aromatic nitrogens is 6. The van der Waals surface area contributed by atoms with Gasteiger partial charge in [0.1, 0.15) is 25.5 Å². The summed E-state index contributed by atoms with van der Waals surface area (Å²) in [5, 5.41) is 18.5. The summed E-state index contributed by atoms with van der Waals surface area (Å²) >= 11 is 6.23. The molecule has 2 aromatic heterocycles. The van der Waals surface area contributed by atoms with E-state index in [1.807, 2.05) is 30.3 Å². The highest BCUT2D eigenvalue weighted by atomic mass is 35.5. The van der Waals surface area contributed by atoms with Gasteiger partial charge in [0.15, 0.2) is 0 Å². The third-order valence-electron chi connectivity index (χ3n) is 6.98. The molecule has 6 rings (SSSR count). The minimum atomic E-state index is -2.81. The van der Waals surface area contributed by atoms with Gasteiger partial charge in [0.2, 0.25) is 17.7 Å². The fourth-order valence-electron chi connectivity index (χ4n) is 4.95. The van der Waals surface area contributed by atoms with Crippen molar-refractivity contribution < 1.29 is 23.2 Å². The molecule has 1 N–H and O–H groups in total. The molecule has 0 saturated carbocycles. The van der Waals surface area contributed by atoms with Crippen molar-refractivity contribution in [2.75, 3.05) is 23.3 Å². The van der Waals surface area contributed by atoms with Crippen molar-refractivity contribution in [1.29, 1.82) is 0 Å². The van der Waals surface area contributed by atoms with Crippen molar-refractivity contribution in [3.63, 3.8) is 0 Å². The number of alkyl halides is 2. The average Bonchev–Trinajstić information content (AvgIpc) is 3.68. The molecule has 1 saturated heterocycles. The van der Waals surface area contributed by atoms with E-state index >= 15 is 0 Å². The van der Waals surface area contributed by atoms with Gasteiger partial charge in [0.05, 0.1) is 16.9 Å². The summed E-state index contributed by atoms with van der Waals surface area (Å²) in [5.41, 5.74) is 2.20.